The normalized spacial score (nSPS) is 22.3. The Balaban J connectivity index is 0.000000475. The number of fused-ring (bicyclic) bond motifs is 1. The number of hydrogen-bond acceptors (Lipinski definition) is 6. The lowest BCUT2D eigenvalue weighted by Crippen LogP contribution is -2.90. The molecule has 2 heterocycles. The topological polar surface area (TPSA) is 143 Å². The highest BCUT2D eigenvalue weighted by Crippen LogP contribution is 2.40. The monoisotopic (exact) mass is 641 g/mol. The first kappa shape index (κ1) is 38.2. The maximum atomic E-state index is 13.3. The molecule has 10 nitrogen and oxygen atoms in total. The van der Waals surface area contributed by atoms with E-state index in [1.807, 2.05) is 46.9 Å². The van der Waals surface area contributed by atoms with Gasteiger partial charge in [-0.25, -0.2) is 4.39 Å². The van der Waals surface area contributed by atoms with Gasteiger partial charge in [0.1, 0.15) is 17.6 Å². The molecular formula is C35H54FN6O4+. The first-order chi connectivity index (χ1) is 21.8. The number of carbonyl (C=O) groups is 2. The lowest BCUT2D eigenvalue weighted by Gasteiger charge is -2.39. The van der Waals surface area contributed by atoms with E-state index in [2.05, 4.69) is 46.3 Å². The molecule has 4 unspecified atom stereocenters. The van der Waals surface area contributed by atoms with Crippen LogP contribution in [0.2, 0.25) is 0 Å². The number of benzene rings is 2. The van der Waals surface area contributed by atoms with Crippen molar-refractivity contribution in [2.75, 3.05) is 33.8 Å². The molecule has 7 N–H and O–H groups in total. The minimum Gasteiger partial charge on any atom is -0.492 e. The number of nitrogens with zero attached hydrogens (tertiary/aromatic N) is 1. The van der Waals surface area contributed by atoms with Crippen LogP contribution in [0.15, 0.2) is 55.2 Å². The van der Waals surface area contributed by atoms with E-state index in [1.165, 1.54) is 31.3 Å². The summed E-state index contributed by atoms with van der Waals surface area (Å²) in [5, 5.41) is 20.1. The fourth-order valence-electron chi connectivity index (χ4n) is 5.69. The van der Waals surface area contributed by atoms with Crippen LogP contribution in [0.25, 0.3) is 0 Å². The molecule has 2 aromatic rings. The number of amidine groups is 1. The molecule has 4 rings (SSSR count). The van der Waals surface area contributed by atoms with Gasteiger partial charge in [0, 0.05) is 31.1 Å². The molecule has 0 aliphatic carbocycles. The number of amides is 2. The summed E-state index contributed by atoms with van der Waals surface area (Å²) in [4.78, 5) is 29.6. The lowest BCUT2D eigenvalue weighted by molar-refractivity contribution is -0.522. The van der Waals surface area contributed by atoms with E-state index >= 15 is 0 Å². The van der Waals surface area contributed by atoms with Crippen LogP contribution in [0.3, 0.4) is 0 Å². The van der Waals surface area contributed by atoms with Crippen LogP contribution in [0.1, 0.15) is 80.7 Å². The molecule has 1 fully saturated rings. The zero-order chi connectivity index (χ0) is 34.7. The third-order valence-corrected chi connectivity index (χ3v) is 8.80. The van der Waals surface area contributed by atoms with Gasteiger partial charge >= 0.3 is 0 Å². The van der Waals surface area contributed by atoms with Crippen LogP contribution in [-0.4, -0.2) is 85.2 Å². The highest BCUT2D eigenvalue weighted by atomic mass is 19.1. The average molecular weight is 642 g/mol. The molecule has 2 aliphatic rings. The van der Waals surface area contributed by atoms with Gasteiger partial charge in [0.15, 0.2) is 0 Å². The molecule has 11 heteroatoms. The molecule has 0 aromatic heterocycles. The zero-order valence-corrected chi connectivity index (χ0v) is 28.7. The highest BCUT2D eigenvalue weighted by Gasteiger charge is 2.54. The van der Waals surface area contributed by atoms with Gasteiger partial charge in [-0.2, -0.15) is 0 Å². The Kier molecular flexibility index (Phi) is 14.2. The number of hydrogen-bond donors (Lipinski definition) is 6. The Morgan fingerprint density at radius 3 is 2.43 bits per heavy atom. The van der Waals surface area contributed by atoms with Crippen molar-refractivity contribution in [3.8, 4) is 5.75 Å². The summed E-state index contributed by atoms with van der Waals surface area (Å²) in [6.07, 6.45) is 2.38. The standard InChI is InChI=1S/C25H39N5O3.C8H8FNO.C2H6/c1-7-20(26)29-19(14-27-8-2)25(5)22(31)18(15-30(25)6)28-23(32)16-10-9-11-17-21(16)33-13-12-24(17,3)4;1-10-8(11)6-2-4-7(9)5-3-6;1-2/h8-11,18-19,22,27,31H,2,7,12-15H2,1,3-6H3,(H2,26,29)(H,28,32);2-5H,1H3,(H,10,11);1-2H3/p+1. The Labute approximate surface area is 273 Å². The molecule has 1 saturated heterocycles. The van der Waals surface area contributed by atoms with Crippen molar-refractivity contribution in [3.63, 3.8) is 0 Å². The number of carbonyl (C=O) groups excluding carboxylic acids is 2. The molecule has 0 bridgehead atoms. The first-order valence-corrected chi connectivity index (χ1v) is 16.0. The van der Waals surface area contributed by atoms with Crippen molar-refractivity contribution in [1.82, 2.24) is 20.9 Å². The van der Waals surface area contributed by atoms with Crippen molar-refractivity contribution < 1.29 is 28.8 Å². The van der Waals surface area contributed by atoms with Crippen molar-refractivity contribution in [1.29, 1.82) is 0 Å². The summed E-state index contributed by atoms with van der Waals surface area (Å²) in [6.45, 7) is 17.6. The quantitative estimate of drug-likeness (QED) is 0.182. The van der Waals surface area contributed by atoms with Gasteiger partial charge in [-0.05, 0) is 62.3 Å². The average Bonchev–Trinajstić information content (AvgIpc) is 3.27. The number of nitrogens with two attached hydrogens (primary N) is 1. The van der Waals surface area contributed by atoms with E-state index in [1.54, 1.807) is 12.3 Å². The molecule has 46 heavy (non-hydrogen) atoms. The van der Waals surface area contributed by atoms with Crippen molar-refractivity contribution in [2.45, 2.75) is 83.5 Å². The third-order valence-electron chi connectivity index (χ3n) is 8.80. The molecule has 0 radical (unpaired) electrons. The molecule has 2 aromatic carbocycles. The summed E-state index contributed by atoms with van der Waals surface area (Å²) in [6, 6.07) is 10.4. The van der Waals surface area contributed by atoms with Crippen molar-refractivity contribution in [3.05, 3.63) is 77.8 Å². The predicted octanol–water partition coefficient (Wildman–Crippen LogP) is 2.07. The van der Waals surface area contributed by atoms with Crippen LogP contribution >= 0.6 is 0 Å². The smallest absolute Gasteiger partial charge is 0.255 e. The van der Waals surface area contributed by atoms with E-state index in [0.717, 1.165) is 12.0 Å². The second-order valence-corrected chi connectivity index (χ2v) is 12.1. The molecular weight excluding hydrogens is 587 g/mol. The second-order valence-electron chi connectivity index (χ2n) is 12.1. The lowest BCUT2D eigenvalue weighted by atomic mass is 9.79. The highest BCUT2D eigenvalue weighted by molar-refractivity contribution is 5.98. The maximum Gasteiger partial charge on any atom is 0.255 e. The minimum atomic E-state index is -0.822. The van der Waals surface area contributed by atoms with Crippen molar-refractivity contribution in [2.24, 2.45) is 5.73 Å². The van der Waals surface area contributed by atoms with E-state index in [0.29, 0.717) is 48.8 Å². The van der Waals surface area contributed by atoms with Gasteiger partial charge in [0.05, 0.1) is 36.4 Å². The van der Waals surface area contributed by atoms with E-state index in [9.17, 15) is 19.1 Å². The van der Waals surface area contributed by atoms with E-state index in [-0.39, 0.29) is 29.1 Å². The number of ether oxygens (including phenoxy) is 1. The van der Waals surface area contributed by atoms with Crippen LogP contribution < -0.4 is 31.4 Å². The zero-order valence-electron chi connectivity index (χ0n) is 28.7. The molecule has 254 valence electrons. The van der Waals surface area contributed by atoms with Crippen LogP contribution in [-0.2, 0) is 5.41 Å². The van der Waals surface area contributed by atoms with Gasteiger partial charge in [-0.15, -0.1) is 0 Å². The van der Waals surface area contributed by atoms with E-state index in [4.69, 9.17) is 10.5 Å². The number of para-hydroxylation sites is 1. The van der Waals surface area contributed by atoms with Gasteiger partial charge in [-0.1, -0.05) is 53.3 Å². The molecule has 0 saturated carbocycles. The molecule has 2 aliphatic heterocycles. The summed E-state index contributed by atoms with van der Waals surface area (Å²) < 4.78 is 18.2. The molecule has 4 atom stereocenters. The maximum absolute atomic E-state index is 13.3. The van der Waals surface area contributed by atoms with Crippen LogP contribution in [0.5, 0.6) is 5.75 Å². The third kappa shape index (κ3) is 8.85. The number of likely N-dealkylation sites (N-methyl/N-ethyl adjacent to an activating group) is 1. The number of nitrogens with one attached hydrogen (secondary N) is 4. The largest absolute Gasteiger partial charge is 0.492 e. The fourth-order valence-corrected chi connectivity index (χ4v) is 5.69. The Morgan fingerprint density at radius 1 is 1.20 bits per heavy atom. The Morgan fingerprint density at radius 2 is 1.85 bits per heavy atom. The Bertz CT molecular complexity index is 1350. The van der Waals surface area contributed by atoms with Gasteiger partial charge < -0.3 is 25.8 Å². The van der Waals surface area contributed by atoms with Crippen LogP contribution in [0, 0.1) is 5.82 Å². The number of aliphatic hydroxyl groups is 1. The van der Waals surface area contributed by atoms with Crippen molar-refractivity contribution >= 4 is 17.6 Å². The summed E-state index contributed by atoms with van der Waals surface area (Å²) in [7, 11) is 3.49. The number of aliphatic hydroxyl groups excluding tert-OH is 1. The van der Waals surface area contributed by atoms with Gasteiger partial charge in [0.25, 0.3) is 11.8 Å². The second kappa shape index (κ2) is 17.1. The predicted molar refractivity (Wildman–Crippen MR) is 181 cm³/mol. The van der Waals surface area contributed by atoms with E-state index < -0.39 is 17.7 Å². The molecule has 2 amide bonds. The fraction of sp³-hybridized carbons (Fsp3) is 0.514. The molecule has 0 spiro atoms. The summed E-state index contributed by atoms with van der Waals surface area (Å²) in [5.74, 6) is 0.521. The SMILES string of the molecule is C=CNCC([NH+]=C(N)CC)C1(C)C(O)C(NC(=O)c2cccc3c2OCCC3(C)C)CN1C.CC.CNC(=O)c1ccc(F)cc1. The number of likely N-dealkylation sites (tertiary alicyclic amines) is 1. The van der Waals surface area contributed by atoms with Gasteiger partial charge in [0.2, 0.25) is 5.84 Å². The Hall–Kier alpha value is -3.96. The van der Waals surface area contributed by atoms with Crippen LogP contribution in [0.4, 0.5) is 4.39 Å². The van der Waals surface area contributed by atoms with Gasteiger partial charge in [-0.3, -0.25) is 25.2 Å². The summed E-state index contributed by atoms with van der Waals surface area (Å²) >= 11 is 0. The number of halogens is 1. The summed E-state index contributed by atoms with van der Waals surface area (Å²) in [5.41, 5.74) is 7.40. The number of rotatable bonds is 9. The minimum absolute atomic E-state index is 0.0533. The first-order valence-electron chi connectivity index (χ1n) is 16.0.